The van der Waals surface area contributed by atoms with Crippen LogP contribution in [0, 0.1) is 11.3 Å². The van der Waals surface area contributed by atoms with E-state index in [1.54, 1.807) is 24.3 Å². The van der Waals surface area contributed by atoms with Crippen molar-refractivity contribution < 1.29 is 19.4 Å². The highest BCUT2D eigenvalue weighted by Gasteiger charge is 2.13. The lowest BCUT2D eigenvalue weighted by molar-refractivity contribution is -0.112. The van der Waals surface area contributed by atoms with Crippen molar-refractivity contribution >= 4 is 23.3 Å². The van der Waals surface area contributed by atoms with Gasteiger partial charge in [0.1, 0.15) is 17.4 Å². The van der Waals surface area contributed by atoms with Crippen molar-refractivity contribution in [3.05, 3.63) is 65.9 Å². The van der Waals surface area contributed by atoms with Gasteiger partial charge in [0.05, 0.1) is 17.9 Å². The van der Waals surface area contributed by atoms with E-state index in [0.717, 1.165) is 12.8 Å². The maximum Gasteiger partial charge on any atom is 0.340 e. The van der Waals surface area contributed by atoms with Gasteiger partial charge in [-0.05, 0) is 42.8 Å². The van der Waals surface area contributed by atoms with Crippen molar-refractivity contribution in [2.75, 3.05) is 17.2 Å². The number of nitrogens with zero attached hydrogens (tertiary/aromatic N) is 1. The third kappa shape index (κ3) is 5.88. The summed E-state index contributed by atoms with van der Waals surface area (Å²) in [5.41, 5.74) is 0.992. The summed E-state index contributed by atoms with van der Waals surface area (Å²) < 4.78 is 5.21. The van der Waals surface area contributed by atoms with Crippen LogP contribution in [0.2, 0.25) is 0 Å². The fraction of sp³-hybridized carbons (Fsp3) is 0.190. The predicted octanol–water partition coefficient (Wildman–Crippen LogP) is 3.81. The van der Waals surface area contributed by atoms with Gasteiger partial charge in [0.2, 0.25) is 0 Å². The standard InChI is InChI=1S/C21H21N3O4/c1-2-3-12-28-21(27)18-6-4-5-7-19(18)23-14-15(13-22)20(26)24-16-8-10-17(25)11-9-16/h4-11,14,23,25H,2-3,12H2,1H3,(H,24,26)/b15-14-. The van der Waals surface area contributed by atoms with Crippen molar-refractivity contribution in [3.63, 3.8) is 0 Å². The van der Waals surface area contributed by atoms with Gasteiger partial charge < -0.3 is 20.5 Å². The first-order valence-corrected chi connectivity index (χ1v) is 8.78. The average molecular weight is 379 g/mol. The largest absolute Gasteiger partial charge is 0.508 e. The normalized spacial score (nSPS) is 10.6. The van der Waals surface area contributed by atoms with E-state index in [1.807, 2.05) is 13.0 Å². The van der Waals surface area contributed by atoms with Crippen LogP contribution in [0.15, 0.2) is 60.3 Å². The molecule has 0 aliphatic heterocycles. The molecule has 2 aromatic carbocycles. The van der Waals surface area contributed by atoms with E-state index in [-0.39, 0.29) is 11.3 Å². The number of anilines is 2. The molecular formula is C21H21N3O4. The Morgan fingerprint density at radius 1 is 1.18 bits per heavy atom. The molecule has 0 atom stereocenters. The summed E-state index contributed by atoms with van der Waals surface area (Å²) in [5, 5.41) is 23.9. The maximum absolute atomic E-state index is 12.2. The van der Waals surface area contributed by atoms with Crippen LogP contribution in [-0.2, 0) is 9.53 Å². The van der Waals surface area contributed by atoms with Gasteiger partial charge in [-0.15, -0.1) is 0 Å². The summed E-state index contributed by atoms with van der Waals surface area (Å²) in [6, 6.07) is 14.4. The Hall–Kier alpha value is -3.79. The number of carbonyl (C=O) groups is 2. The number of rotatable bonds is 8. The summed E-state index contributed by atoms with van der Waals surface area (Å²) in [6.07, 6.45) is 2.92. The van der Waals surface area contributed by atoms with E-state index in [1.165, 1.54) is 30.5 Å². The number of hydrogen-bond acceptors (Lipinski definition) is 6. The van der Waals surface area contributed by atoms with Crippen molar-refractivity contribution in [2.45, 2.75) is 19.8 Å². The number of ether oxygens (including phenoxy) is 1. The Labute approximate surface area is 163 Å². The van der Waals surface area contributed by atoms with Gasteiger partial charge >= 0.3 is 5.97 Å². The molecule has 7 nitrogen and oxygen atoms in total. The summed E-state index contributed by atoms with van der Waals surface area (Å²) >= 11 is 0. The van der Waals surface area contributed by atoms with Crippen molar-refractivity contribution in [2.24, 2.45) is 0 Å². The highest BCUT2D eigenvalue weighted by molar-refractivity contribution is 6.07. The zero-order valence-corrected chi connectivity index (χ0v) is 15.4. The summed E-state index contributed by atoms with van der Waals surface area (Å²) in [5.74, 6) is -1.03. The van der Waals surface area contributed by atoms with Crippen LogP contribution in [0.5, 0.6) is 5.75 Å². The molecule has 0 heterocycles. The fourth-order valence-electron chi connectivity index (χ4n) is 2.22. The number of esters is 1. The molecule has 0 fully saturated rings. The molecule has 0 radical (unpaired) electrons. The van der Waals surface area contributed by atoms with E-state index in [0.29, 0.717) is 23.5 Å². The Balaban J connectivity index is 2.10. The second-order valence-corrected chi connectivity index (χ2v) is 5.85. The molecule has 0 aliphatic carbocycles. The number of phenolic OH excluding ortho intramolecular Hbond substituents is 1. The number of nitrogens with one attached hydrogen (secondary N) is 2. The lowest BCUT2D eigenvalue weighted by Gasteiger charge is -2.10. The van der Waals surface area contributed by atoms with Gasteiger partial charge in [0, 0.05) is 11.9 Å². The first kappa shape index (κ1) is 20.5. The molecule has 7 heteroatoms. The summed E-state index contributed by atoms with van der Waals surface area (Å²) in [7, 11) is 0. The van der Waals surface area contributed by atoms with Crippen LogP contribution in [0.25, 0.3) is 0 Å². The number of amides is 1. The number of para-hydroxylation sites is 1. The van der Waals surface area contributed by atoms with Gasteiger partial charge in [-0.3, -0.25) is 4.79 Å². The molecule has 1 amide bonds. The second kappa shape index (κ2) is 10.4. The Morgan fingerprint density at radius 2 is 1.89 bits per heavy atom. The number of phenols is 1. The fourth-order valence-corrected chi connectivity index (χ4v) is 2.22. The van der Waals surface area contributed by atoms with E-state index in [4.69, 9.17) is 4.74 Å². The molecule has 0 spiro atoms. The third-order valence-electron chi connectivity index (χ3n) is 3.74. The molecule has 2 aromatic rings. The number of benzene rings is 2. The van der Waals surface area contributed by atoms with Crippen LogP contribution in [-0.4, -0.2) is 23.6 Å². The lowest BCUT2D eigenvalue weighted by Crippen LogP contribution is -2.15. The maximum atomic E-state index is 12.2. The molecule has 0 saturated heterocycles. The molecule has 2 rings (SSSR count). The van der Waals surface area contributed by atoms with Gasteiger partial charge in [-0.25, -0.2) is 4.79 Å². The molecule has 0 aromatic heterocycles. The molecular weight excluding hydrogens is 358 g/mol. The van der Waals surface area contributed by atoms with Gasteiger partial charge in [0.25, 0.3) is 5.91 Å². The quantitative estimate of drug-likeness (QED) is 0.211. The first-order valence-electron chi connectivity index (χ1n) is 8.78. The van der Waals surface area contributed by atoms with E-state index in [9.17, 15) is 20.0 Å². The van der Waals surface area contributed by atoms with Crippen LogP contribution in [0.3, 0.4) is 0 Å². The lowest BCUT2D eigenvalue weighted by atomic mass is 10.1. The summed E-state index contributed by atoms with van der Waals surface area (Å²) in [4.78, 5) is 24.5. The van der Waals surface area contributed by atoms with Crippen LogP contribution in [0.1, 0.15) is 30.1 Å². The number of nitriles is 1. The summed E-state index contributed by atoms with van der Waals surface area (Å²) in [6.45, 7) is 2.33. The third-order valence-corrected chi connectivity index (χ3v) is 3.74. The highest BCUT2D eigenvalue weighted by Crippen LogP contribution is 2.18. The number of hydrogen-bond donors (Lipinski definition) is 3. The van der Waals surface area contributed by atoms with Crippen LogP contribution >= 0.6 is 0 Å². The van der Waals surface area contributed by atoms with Crippen molar-refractivity contribution in [1.29, 1.82) is 5.26 Å². The second-order valence-electron chi connectivity index (χ2n) is 5.85. The minimum absolute atomic E-state index is 0.0677. The zero-order chi connectivity index (χ0) is 20.4. The molecule has 0 unspecified atom stereocenters. The van der Waals surface area contributed by atoms with Crippen molar-refractivity contribution in [3.8, 4) is 11.8 Å². The van der Waals surface area contributed by atoms with Gasteiger partial charge in [0.15, 0.2) is 0 Å². The minimum atomic E-state index is -0.622. The predicted molar refractivity (Wildman–Crippen MR) is 106 cm³/mol. The van der Waals surface area contributed by atoms with Crippen LogP contribution < -0.4 is 10.6 Å². The molecule has 0 saturated carbocycles. The van der Waals surface area contributed by atoms with Gasteiger partial charge in [-0.2, -0.15) is 5.26 Å². The molecule has 28 heavy (non-hydrogen) atoms. The van der Waals surface area contributed by atoms with Crippen LogP contribution in [0.4, 0.5) is 11.4 Å². The Morgan fingerprint density at radius 3 is 2.57 bits per heavy atom. The van der Waals surface area contributed by atoms with E-state index in [2.05, 4.69) is 10.6 Å². The molecule has 0 bridgehead atoms. The molecule has 0 aliphatic rings. The topological polar surface area (TPSA) is 111 Å². The number of carbonyl (C=O) groups excluding carboxylic acids is 2. The van der Waals surface area contributed by atoms with E-state index >= 15 is 0 Å². The Bertz CT molecular complexity index is 899. The zero-order valence-electron chi connectivity index (χ0n) is 15.4. The molecule has 144 valence electrons. The van der Waals surface area contributed by atoms with E-state index < -0.39 is 11.9 Å². The minimum Gasteiger partial charge on any atom is -0.508 e. The number of aromatic hydroxyl groups is 1. The average Bonchev–Trinajstić information content (AvgIpc) is 2.70. The van der Waals surface area contributed by atoms with Crippen molar-refractivity contribution in [1.82, 2.24) is 0 Å². The SMILES string of the molecule is CCCCOC(=O)c1ccccc1N/C=C(/C#N)C(=O)Nc1ccc(O)cc1. The molecule has 3 N–H and O–H groups in total. The highest BCUT2D eigenvalue weighted by atomic mass is 16.5. The monoisotopic (exact) mass is 379 g/mol. The first-order chi connectivity index (χ1) is 13.5. The van der Waals surface area contributed by atoms with Gasteiger partial charge in [-0.1, -0.05) is 25.5 Å². The smallest absolute Gasteiger partial charge is 0.340 e. The Kier molecular flexibility index (Phi) is 7.61. The number of unbranched alkanes of at least 4 members (excludes halogenated alkanes) is 1.